The molecule has 7 heteroatoms. The van der Waals surface area contributed by atoms with E-state index in [1.54, 1.807) is 0 Å². The molecule has 1 aromatic carbocycles. The van der Waals surface area contributed by atoms with Crippen molar-refractivity contribution < 1.29 is 14.4 Å². The Balaban J connectivity index is 1.48. The number of hydrogen-bond acceptors (Lipinski definition) is 4. The highest BCUT2D eigenvalue weighted by Gasteiger charge is 2.55. The van der Waals surface area contributed by atoms with Gasteiger partial charge in [0.2, 0.25) is 5.91 Å². The third kappa shape index (κ3) is 2.67. The Bertz CT molecular complexity index is 765. The van der Waals surface area contributed by atoms with Crippen LogP contribution >= 0.6 is 0 Å². The highest BCUT2D eigenvalue weighted by atomic mass is 16.2. The van der Waals surface area contributed by atoms with Gasteiger partial charge in [0.15, 0.2) is 0 Å². The summed E-state index contributed by atoms with van der Waals surface area (Å²) in [6.07, 6.45) is 2.14. The van der Waals surface area contributed by atoms with Crippen LogP contribution in [0.25, 0.3) is 0 Å². The molecule has 1 aliphatic carbocycles. The van der Waals surface area contributed by atoms with Gasteiger partial charge in [0.25, 0.3) is 5.91 Å². The fourth-order valence-electron chi connectivity index (χ4n) is 4.36. The molecule has 0 radical (unpaired) electrons. The third-order valence-corrected chi connectivity index (χ3v) is 5.86. The predicted octanol–water partition coefficient (Wildman–Crippen LogP) is 0.494. The summed E-state index contributed by atoms with van der Waals surface area (Å²) in [5.74, 6) is -0.277. The lowest BCUT2D eigenvalue weighted by molar-refractivity contribution is -0.135. The summed E-state index contributed by atoms with van der Waals surface area (Å²) < 4.78 is 0. The Hall–Kier alpha value is -2.41. The Morgan fingerprint density at radius 1 is 1.35 bits per heavy atom. The molecule has 7 nitrogen and oxygen atoms in total. The Kier molecular flexibility index (Phi) is 4.19. The zero-order chi connectivity index (χ0) is 18.3. The van der Waals surface area contributed by atoms with Crippen molar-refractivity contribution >= 4 is 17.8 Å². The molecule has 4 rings (SSSR count). The number of benzene rings is 1. The number of carbonyl (C=O) groups excluding carboxylic acids is 3. The average molecular weight is 356 g/mol. The molecule has 26 heavy (non-hydrogen) atoms. The van der Waals surface area contributed by atoms with E-state index in [0.29, 0.717) is 12.3 Å². The Morgan fingerprint density at radius 2 is 2.15 bits per heavy atom. The van der Waals surface area contributed by atoms with Crippen LogP contribution in [0, 0.1) is 5.92 Å². The standard InChI is InChI=1S/C19H24N4O3/c1-12-10-20-9-7-15(12)21-16(24)11-23-17(25)19(22-18(23)26)8-6-13-4-2-3-5-14(13)19/h2-5,12,15,20H,6-11H2,1H3,(H,21,24)(H,22,26). The molecule has 0 bridgehead atoms. The quantitative estimate of drug-likeness (QED) is 0.688. The molecule has 3 N–H and O–H groups in total. The fraction of sp³-hybridized carbons (Fsp3) is 0.526. The molecule has 3 aliphatic rings. The van der Waals surface area contributed by atoms with E-state index < -0.39 is 11.6 Å². The summed E-state index contributed by atoms with van der Waals surface area (Å²) >= 11 is 0. The molecule has 4 amide bonds. The van der Waals surface area contributed by atoms with Gasteiger partial charge in [-0.15, -0.1) is 0 Å². The monoisotopic (exact) mass is 356 g/mol. The molecule has 0 saturated carbocycles. The van der Waals surface area contributed by atoms with Gasteiger partial charge in [-0.2, -0.15) is 0 Å². The second kappa shape index (κ2) is 6.39. The molecular weight excluding hydrogens is 332 g/mol. The van der Waals surface area contributed by atoms with Crippen LogP contribution in [0.15, 0.2) is 24.3 Å². The average Bonchev–Trinajstić information content (AvgIpc) is 3.11. The van der Waals surface area contributed by atoms with Gasteiger partial charge in [0, 0.05) is 6.04 Å². The van der Waals surface area contributed by atoms with Crippen LogP contribution in [0.5, 0.6) is 0 Å². The number of fused-ring (bicyclic) bond motifs is 2. The second-order valence-corrected chi connectivity index (χ2v) is 7.53. The van der Waals surface area contributed by atoms with E-state index in [2.05, 4.69) is 22.9 Å². The van der Waals surface area contributed by atoms with Crippen LogP contribution in [0.3, 0.4) is 0 Å². The van der Waals surface area contributed by atoms with E-state index >= 15 is 0 Å². The minimum absolute atomic E-state index is 0.0747. The van der Waals surface area contributed by atoms with Crippen LogP contribution in [-0.4, -0.2) is 48.4 Å². The van der Waals surface area contributed by atoms with Gasteiger partial charge in [-0.25, -0.2) is 4.79 Å². The first kappa shape index (κ1) is 17.0. The number of carbonyl (C=O) groups is 3. The van der Waals surface area contributed by atoms with Crippen LogP contribution in [0.2, 0.25) is 0 Å². The van der Waals surface area contributed by atoms with Gasteiger partial charge >= 0.3 is 6.03 Å². The lowest BCUT2D eigenvalue weighted by Crippen LogP contribution is -2.51. The predicted molar refractivity (Wildman–Crippen MR) is 95.3 cm³/mol. The van der Waals surface area contributed by atoms with Gasteiger partial charge in [-0.3, -0.25) is 14.5 Å². The summed E-state index contributed by atoms with van der Waals surface area (Å²) in [6.45, 7) is 3.56. The third-order valence-electron chi connectivity index (χ3n) is 5.86. The molecular formula is C19H24N4O3. The topological polar surface area (TPSA) is 90.5 Å². The molecule has 1 aromatic rings. The molecule has 3 unspecified atom stereocenters. The summed E-state index contributed by atoms with van der Waals surface area (Å²) in [5, 5.41) is 9.12. The fourth-order valence-corrected chi connectivity index (χ4v) is 4.36. The van der Waals surface area contributed by atoms with Crippen molar-refractivity contribution in [2.75, 3.05) is 19.6 Å². The number of urea groups is 1. The minimum atomic E-state index is -1.00. The first-order chi connectivity index (χ1) is 12.5. The molecule has 2 fully saturated rings. The van der Waals surface area contributed by atoms with Crippen molar-refractivity contribution in [2.24, 2.45) is 5.92 Å². The van der Waals surface area contributed by atoms with Crippen molar-refractivity contribution in [2.45, 2.75) is 37.8 Å². The highest BCUT2D eigenvalue weighted by Crippen LogP contribution is 2.41. The first-order valence-corrected chi connectivity index (χ1v) is 9.24. The number of rotatable bonds is 3. The largest absolute Gasteiger partial charge is 0.351 e. The number of imide groups is 1. The van der Waals surface area contributed by atoms with Gasteiger partial charge in [-0.1, -0.05) is 31.2 Å². The van der Waals surface area contributed by atoms with E-state index in [1.165, 1.54) is 0 Å². The molecule has 3 atom stereocenters. The van der Waals surface area contributed by atoms with Crippen LogP contribution < -0.4 is 16.0 Å². The van der Waals surface area contributed by atoms with Gasteiger partial charge in [0.05, 0.1) is 0 Å². The summed E-state index contributed by atoms with van der Waals surface area (Å²) in [7, 11) is 0. The van der Waals surface area contributed by atoms with E-state index in [1.807, 2.05) is 24.3 Å². The van der Waals surface area contributed by atoms with Crippen molar-refractivity contribution in [3.8, 4) is 0 Å². The minimum Gasteiger partial charge on any atom is -0.351 e. The summed E-state index contributed by atoms with van der Waals surface area (Å²) in [5.41, 5.74) is 0.930. The number of piperidine rings is 1. The summed E-state index contributed by atoms with van der Waals surface area (Å²) in [6, 6.07) is 7.27. The second-order valence-electron chi connectivity index (χ2n) is 7.53. The maximum Gasteiger partial charge on any atom is 0.325 e. The zero-order valence-corrected chi connectivity index (χ0v) is 14.9. The van der Waals surface area contributed by atoms with Gasteiger partial charge in [-0.05, 0) is 49.4 Å². The molecule has 1 spiro atoms. The Labute approximate surface area is 152 Å². The van der Waals surface area contributed by atoms with E-state index in [4.69, 9.17) is 0 Å². The number of aryl methyl sites for hydroxylation is 1. The van der Waals surface area contributed by atoms with Crippen molar-refractivity contribution in [1.82, 2.24) is 20.9 Å². The van der Waals surface area contributed by atoms with Crippen LogP contribution in [0.4, 0.5) is 4.79 Å². The van der Waals surface area contributed by atoms with Gasteiger partial charge < -0.3 is 16.0 Å². The maximum absolute atomic E-state index is 13.0. The Morgan fingerprint density at radius 3 is 2.96 bits per heavy atom. The normalized spacial score (nSPS) is 30.4. The van der Waals surface area contributed by atoms with Crippen molar-refractivity contribution in [3.63, 3.8) is 0 Å². The van der Waals surface area contributed by atoms with E-state index in [9.17, 15) is 14.4 Å². The van der Waals surface area contributed by atoms with Crippen LogP contribution in [0.1, 0.15) is 30.9 Å². The smallest absolute Gasteiger partial charge is 0.325 e. The lowest BCUT2D eigenvalue weighted by Gasteiger charge is -2.30. The maximum atomic E-state index is 13.0. The van der Waals surface area contributed by atoms with E-state index in [0.717, 1.165) is 42.0 Å². The number of nitrogens with zero attached hydrogens (tertiary/aromatic N) is 1. The van der Waals surface area contributed by atoms with Crippen molar-refractivity contribution in [1.29, 1.82) is 0 Å². The molecule has 0 aromatic heterocycles. The van der Waals surface area contributed by atoms with Crippen LogP contribution in [-0.2, 0) is 21.5 Å². The van der Waals surface area contributed by atoms with Gasteiger partial charge in [0.1, 0.15) is 12.1 Å². The molecule has 2 heterocycles. The zero-order valence-electron chi connectivity index (χ0n) is 14.9. The SMILES string of the molecule is CC1CNCCC1NC(=O)CN1C(=O)NC2(CCc3ccccc32)C1=O. The lowest BCUT2D eigenvalue weighted by atomic mass is 9.92. The number of hydrogen-bond donors (Lipinski definition) is 3. The molecule has 2 saturated heterocycles. The molecule has 2 aliphatic heterocycles. The number of amides is 4. The van der Waals surface area contributed by atoms with E-state index in [-0.39, 0.29) is 24.4 Å². The number of nitrogens with one attached hydrogen (secondary N) is 3. The summed E-state index contributed by atoms with van der Waals surface area (Å²) in [4.78, 5) is 39.0. The molecule has 138 valence electrons. The highest BCUT2D eigenvalue weighted by molar-refractivity contribution is 6.09. The first-order valence-electron chi connectivity index (χ1n) is 9.24. The van der Waals surface area contributed by atoms with Crippen molar-refractivity contribution in [3.05, 3.63) is 35.4 Å².